The fourth-order valence-corrected chi connectivity index (χ4v) is 3.44. The molecule has 162 valence electrons. The summed E-state index contributed by atoms with van der Waals surface area (Å²) in [5.41, 5.74) is 8.93. The molecule has 3 aromatic carbocycles. The molecule has 0 bridgehead atoms. The van der Waals surface area contributed by atoms with E-state index >= 15 is 0 Å². The van der Waals surface area contributed by atoms with Gasteiger partial charge in [0.25, 0.3) is 11.8 Å². The maximum Gasteiger partial charge on any atom is 0.323 e. The SMILES string of the molecule is CC(NC(=O)c1cccc(COc2ccccc2C(N)=O)c1)c1ccc2[nH]c(=O)[nH]c2c1. The van der Waals surface area contributed by atoms with Crippen LogP contribution in [0.25, 0.3) is 11.0 Å². The molecule has 4 rings (SSSR count). The van der Waals surface area contributed by atoms with Crippen LogP contribution < -0.4 is 21.5 Å². The molecule has 1 aromatic heterocycles. The van der Waals surface area contributed by atoms with Crippen LogP contribution in [0.4, 0.5) is 0 Å². The zero-order chi connectivity index (χ0) is 22.7. The predicted molar refractivity (Wildman–Crippen MR) is 121 cm³/mol. The number of carbonyl (C=O) groups excluding carboxylic acids is 2. The fraction of sp³-hybridized carbons (Fsp3) is 0.125. The molecule has 0 aliphatic heterocycles. The van der Waals surface area contributed by atoms with Gasteiger partial charge in [0.15, 0.2) is 0 Å². The number of fused-ring (bicyclic) bond motifs is 1. The number of aromatic amines is 2. The summed E-state index contributed by atoms with van der Waals surface area (Å²) in [5.74, 6) is -0.411. The van der Waals surface area contributed by atoms with Crippen LogP contribution in [0, 0.1) is 0 Å². The molecule has 5 N–H and O–H groups in total. The third-order valence-electron chi connectivity index (χ3n) is 5.12. The van der Waals surface area contributed by atoms with Gasteiger partial charge in [0, 0.05) is 5.56 Å². The Morgan fingerprint density at radius 2 is 1.78 bits per heavy atom. The Kier molecular flexibility index (Phi) is 5.76. The van der Waals surface area contributed by atoms with Crippen LogP contribution in [-0.4, -0.2) is 21.8 Å². The van der Waals surface area contributed by atoms with Crippen molar-refractivity contribution in [1.82, 2.24) is 15.3 Å². The van der Waals surface area contributed by atoms with E-state index in [1.165, 1.54) is 0 Å². The smallest absolute Gasteiger partial charge is 0.323 e. The van der Waals surface area contributed by atoms with E-state index in [0.29, 0.717) is 27.9 Å². The van der Waals surface area contributed by atoms with Crippen molar-refractivity contribution in [2.24, 2.45) is 5.73 Å². The summed E-state index contributed by atoms with van der Waals surface area (Å²) < 4.78 is 5.75. The lowest BCUT2D eigenvalue weighted by molar-refractivity contribution is 0.0938. The summed E-state index contributed by atoms with van der Waals surface area (Å²) in [6.45, 7) is 2.05. The van der Waals surface area contributed by atoms with Crippen molar-refractivity contribution in [3.05, 3.63) is 99.5 Å². The first-order valence-corrected chi connectivity index (χ1v) is 10.0. The van der Waals surface area contributed by atoms with Gasteiger partial charge in [-0.3, -0.25) is 9.59 Å². The highest BCUT2D eigenvalue weighted by Crippen LogP contribution is 2.20. The van der Waals surface area contributed by atoms with Gasteiger partial charge in [-0.2, -0.15) is 0 Å². The second-order valence-electron chi connectivity index (χ2n) is 7.43. The maximum absolute atomic E-state index is 12.8. The van der Waals surface area contributed by atoms with E-state index in [-0.39, 0.29) is 24.2 Å². The summed E-state index contributed by atoms with van der Waals surface area (Å²) in [6, 6.07) is 19.0. The lowest BCUT2D eigenvalue weighted by Crippen LogP contribution is -2.26. The Labute approximate surface area is 183 Å². The van der Waals surface area contributed by atoms with E-state index in [1.54, 1.807) is 48.5 Å². The van der Waals surface area contributed by atoms with Crippen LogP contribution in [0.5, 0.6) is 5.75 Å². The predicted octanol–water partition coefficient (Wildman–Crippen LogP) is 3.03. The van der Waals surface area contributed by atoms with Crippen LogP contribution in [0.15, 0.2) is 71.5 Å². The molecular weight excluding hydrogens is 408 g/mol. The molecule has 0 aliphatic carbocycles. The minimum atomic E-state index is -0.565. The molecule has 32 heavy (non-hydrogen) atoms. The number of H-pyrrole nitrogens is 2. The number of nitrogens with two attached hydrogens (primary N) is 1. The summed E-state index contributed by atoms with van der Waals surface area (Å²) in [7, 11) is 0. The van der Waals surface area contributed by atoms with Crippen LogP contribution in [0.1, 0.15) is 44.8 Å². The number of amides is 2. The van der Waals surface area contributed by atoms with Gasteiger partial charge in [0.2, 0.25) is 0 Å². The molecule has 0 saturated heterocycles. The highest BCUT2D eigenvalue weighted by atomic mass is 16.5. The lowest BCUT2D eigenvalue weighted by Gasteiger charge is -2.15. The number of para-hydroxylation sites is 1. The molecule has 4 aromatic rings. The van der Waals surface area contributed by atoms with E-state index in [9.17, 15) is 14.4 Å². The number of primary amides is 1. The van der Waals surface area contributed by atoms with Crippen molar-refractivity contribution >= 4 is 22.8 Å². The topological polar surface area (TPSA) is 130 Å². The molecule has 8 nitrogen and oxygen atoms in total. The lowest BCUT2D eigenvalue weighted by atomic mass is 10.1. The Hall–Kier alpha value is -4.33. The molecule has 1 heterocycles. The highest BCUT2D eigenvalue weighted by Gasteiger charge is 2.14. The number of nitrogens with one attached hydrogen (secondary N) is 3. The first-order chi connectivity index (χ1) is 15.4. The van der Waals surface area contributed by atoms with Crippen molar-refractivity contribution in [3.8, 4) is 5.75 Å². The quantitative estimate of drug-likeness (QED) is 0.359. The third kappa shape index (κ3) is 4.54. The molecule has 2 amide bonds. The normalized spacial score (nSPS) is 11.8. The number of carbonyl (C=O) groups is 2. The Balaban J connectivity index is 1.44. The molecule has 0 fully saturated rings. The molecular formula is C24H22N4O4. The number of imidazole rings is 1. The van der Waals surface area contributed by atoms with Crippen molar-refractivity contribution < 1.29 is 14.3 Å². The molecule has 0 spiro atoms. The number of rotatable bonds is 7. The van der Waals surface area contributed by atoms with Gasteiger partial charge in [-0.1, -0.05) is 30.3 Å². The Morgan fingerprint density at radius 1 is 1.00 bits per heavy atom. The molecule has 1 unspecified atom stereocenters. The number of hydrogen-bond donors (Lipinski definition) is 4. The second-order valence-corrected chi connectivity index (χ2v) is 7.43. The average Bonchev–Trinajstić information content (AvgIpc) is 3.17. The summed E-state index contributed by atoms with van der Waals surface area (Å²) in [6.07, 6.45) is 0. The van der Waals surface area contributed by atoms with E-state index in [0.717, 1.165) is 11.1 Å². The van der Waals surface area contributed by atoms with Crippen LogP contribution in [-0.2, 0) is 6.61 Å². The van der Waals surface area contributed by atoms with Gasteiger partial charge < -0.3 is 25.8 Å². The van der Waals surface area contributed by atoms with E-state index in [4.69, 9.17) is 10.5 Å². The van der Waals surface area contributed by atoms with Gasteiger partial charge in [-0.15, -0.1) is 0 Å². The van der Waals surface area contributed by atoms with Crippen molar-refractivity contribution in [3.63, 3.8) is 0 Å². The van der Waals surface area contributed by atoms with Crippen molar-refractivity contribution in [2.45, 2.75) is 19.6 Å². The zero-order valence-electron chi connectivity index (χ0n) is 17.3. The number of hydrogen-bond acceptors (Lipinski definition) is 4. The van der Waals surface area contributed by atoms with Gasteiger partial charge >= 0.3 is 5.69 Å². The summed E-state index contributed by atoms with van der Waals surface area (Å²) >= 11 is 0. The van der Waals surface area contributed by atoms with Gasteiger partial charge in [-0.05, 0) is 54.4 Å². The largest absolute Gasteiger partial charge is 0.488 e. The Morgan fingerprint density at radius 3 is 2.59 bits per heavy atom. The fourth-order valence-electron chi connectivity index (χ4n) is 3.44. The van der Waals surface area contributed by atoms with Crippen molar-refractivity contribution in [2.75, 3.05) is 0 Å². The minimum Gasteiger partial charge on any atom is -0.488 e. The zero-order valence-corrected chi connectivity index (χ0v) is 17.3. The maximum atomic E-state index is 12.8. The molecule has 0 saturated carbocycles. The second kappa shape index (κ2) is 8.81. The van der Waals surface area contributed by atoms with Crippen LogP contribution in [0.2, 0.25) is 0 Å². The highest BCUT2D eigenvalue weighted by molar-refractivity contribution is 5.95. The first kappa shape index (κ1) is 20.9. The Bertz CT molecular complexity index is 1360. The van der Waals surface area contributed by atoms with E-state index in [1.807, 2.05) is 25.1 Å². The van der Waals surface area contributed by atoms with Gasteiger partial charge in [0.05, 0.1) is 22.6 Å². The molecule has 0 radical (unpaired) electrons. The number of ether oxygens (including phenoxy) is 1. The van der Waals surface area contributed by atoms with Gasteiger partial charge in [-0.25, -0.2) is 4.79 Å². The summed E-state index contributed by atoms with van der Waals surface area (Å²) in [4.78, 5) is 41.2. The van der Waals surface area contributed by atoms with E-state index < -0.39 is 5.91 Å². The number of aromatic nitrogens is 2. The van der Waals surface area contributed by atoms with Crippen LogP contribution in [0.3, 0.4) is 0 Å². The van der Waals surface area contributed by atoms with Crippen LogP contribution >= 0.6 is 0 Å². The van der Waals surface area contributed by atoms with Gasteiger partial charge in [0.1, 0.15) is 12.4 Å². The molecule has 8 heteroatoms. The van der Waals surface area contributed by atoms with E-state index in [2.05, 4.69) is 15.3 Å². The monoisotopic (exact) mass is 430 g/mol. The third-order valence-corrected chi connectivity index (χ3v) is 5.12. The number of benzene rings is 3. The minimum absolute atomic E-state index is 0.179. The standard InChI is InChI=1S/C24H22N4O4/c1-14(16-9-10-19-20(12-16)28-24(31)27-19)26-23(30)17-6-4-5-15(11-17)13-32-21-8-3-2-7-18(21)22(25)29/h2-12,14H,13H2,1H3,(H2,25,29)(H,26,30)(H2,27,28,31). The average molecular weight is 430 g/mol. The summed E-state index contributed by atoms with van der Waals surface area (Å²) in [5, 5.41) is 2.97. The van der Waals surface area contributed by atoms with Crippen molar-refractivity contribution in [1.29, 1.82) is 0 Å². The molecule has 1 atom stereocenters. The molecule has 0 aliphatic rings. The first-order valence-electron chi connectivity index (χ1n) is 10.0.